The quantitative estimate of drug-likeness (QED) is 0.615. The number of rotatable bonds is 4. The maximum absolute atomic E-state index is 2.62. The molecular formula is C24H27N3S. The zero-order valence-corrected chi connectivity index (χ0v) is 17.3. The third kappa shape index (κ3) is 3.41. The highest BCUT2D eigenvalue weighted by Crippen LogP contribution is 2.50. The summed E-state index contributed by atoms with van der Waals surface area (Å²) in [5, 5.41) is 2.69. The predicted octanol–water partition coefficient (Wildman–Crippen LogP) is 5.08. The van der Waals surface area contributed by atoms with Gasteiger partial charge in [-0.05, 0) is 43.6 Å². The van der Waals surface area contributed by atoms with E-state index < -0.39 is 0 Å². The third-order valence-electron chi connectivity index (χ3n) is 5.96. The van der Waals surface area contributed by atoms with Gasteiger partial charge in [0.1, 0.15) is 0 Å². The lowest BCUT2D eigenvalue weighted by Crippen LogP contribution is -2.45. The van der Waals surface area contributed by atoms with Crippen molar-refractivity contribution in [3.05, 3.63) is 60.7 Å². The number of piperazine rings is 1. The summed E-state index contributed by atoms with van der Waals surface area (Å²) >= 11 is 1.91. The number of fused-ring (bicyclic) bond motifs is 4. The van der Waals surface area contributed by atoms with Gasteiger partial charge in [-0.3, -0.25) is 0 Å². The van der Waals surface area contributed by atoms with Crippen LogP contribution in [-0.4, -0.2) is 56.1 Å². The molecule has 0 atom stereocenters. The Morgan fingerprint density at radius 3 is 2.46 bits per heavy atom. The first-order chi connectivity index (χ1) is 13.8. The molecule has 3 nitrogen and oxygen atoms in total. The van der Waals surface area contributed by atoms with Crippen molar-refractivity contribution < 1.29 is 0 Å². The fourth-order valence-electron chi connectivity index (χ4n) is 4.36. The molecule has 2 aliphatic rings. The molecule has 1 saturated heterocycles. The topological polar surface area (TPSA) is 9.72 Å². The molecule has 0 aromatic heterocycles. The second kappa shape index (κ2) is 7.78. The minimum atomic E-state index is 1.06. The number of nitrogens with zero attached hydrogens (tertiary/aromatic N) is 3. The molecule has 5 rings (SSSR count). The summed E-state index contributed by atoms with van der Waals surface area (Å²) in [4.78, 5) is 10.4. The van der Waals surface area contributed by atoms with Crippen molar-refractivity contribution in [1.29, 1.82) is 0 Å². The Bertz CT molecular complexity index is 979. The van der Waals surface area contributed by atoms with E-state index in [-0.39, 0.29) is 0 Å². The molecule has 0 saturated carbocycles. The smallest absolute Gasteiger partial charge is 0.0632 e. The second-order valence-electron chi connectivity index (χ2n) is 7.85. The Kier molecular flexibility index (Phi) is 5.02. The minimum Gasteiger partial charge on any atom is -0.339 e. The van der Waals surface area contributed by atoms with Crippen molar-refractivity contribution in [3.8, 4) is 0 Å². The maximum Gasteiger partial charge on any atom is 0.0632 e. The van der Waals surface area contributed by atoms with E-state index in [0.717, 1.165) is 6.54 Å². The first kappa shape index (κ1) is 18.0. The fraction of sp³-hybridized carbons (Fsp3) is 0.333. The van der Waals surface area contributed by atoms with Gasteiger partial charge in [0.2, 0.25) is 0 Å². The molecular weight excluding hydrogens is 362 g/mol. The summed E-state index contributed by atoms with van der Waals surface area (Å²) < 4.78 is 0. The maximum atomic E-state index is 2.62. The summed E-state index contributed by atoms with van der Waals surface area (Å²) in [6, 6.07) is 22.2. The standard InChI is InChI=1S/C24H27N3S/c1-25-15-17-26(18-16-25)13-6-14-27-21-9-4-5-10-22(21)28-23-12-11-19-7-2-3-8-20(19)24(23)27/h2-5,7-12H,6,13-18H2,1H3. The van der Waals surface area contributed by atoms with E-state index >= 15 is 0 Å². The van der Waals surface area contributed by atoms with Crippen molar-refractivity contribution in [2.75, 3.05) is 51.2 Å². The Balaban J connectivity index is 1.44. The van der Waals surface area contributed by atoms with Crippen LogP contribution < -0.4 is 4.90 Å². The van der Waals surface area contributed by atoms with Gasteiger partial charge in [0.15, 0.2) is 0 Å². The Labute approximate surface area is 171 Å². The van der Waals surface area contributed by atoms with E-state index in [1.807, 2.05) is 11.8 Å². The Morgan fingerprint density at radius 2 is 1.57 bits per heavy atom. The van der Waals surface area contributed by atoms with Gasteiger partial charge < -0.3 is 14.7 Å². The molecule has 0 unspecified atom stereocenters. The second-order valence-corrected chi connectivity index (χ2v) is 8.94. The SMILES string of the molecule is CN1CCN(CCCN2c3ccccc3Sc3ccc4ccccc4c32)CC1. The van der Waals surface area contributed by atoms with E-state index in [1.54, 1.807) is 0 Å². The van der Waals surface area contributed by atoms with Gasteiger partial charge in [-0.1, -0.05) is 54.2 Å². The van der Waals surface area contributed by atoms with Crippen molar-refractivity contribution in [1.82, 2.24) is 9.80 Å². The average Bonchev–Trinajstić information content (AvgIpc) is 2.74. The van der Waals surface area contributed by atoms with Crippen LogP contribution in [0.5, 0.6) is 0 Å². The lowest BCUT2D eigenvalue weighted by Gasteiger charge is -2.36. The van der Waals surface area contributed by atoms with Gasteiger partial charge in [-0.25, -0.2) is 0 Å². The molecule has 28 heavy (non-hydrogen) atoms. The first-order valence-electron chi connectivity index (χ1n) is 10.3. The van der Waals surface area contributed by atoms with E-state index in [0.29, 0.717) is 0 Å². The monoisotopic (exact) mass is 389 g/mol. The zero-order valence-electron chi connectivity index (χ0n) is 16.5. The number of hydrogen-bond donors (Lipinski definition) is 0. The van der Waals surface area contributed by atoms with Crippen LogP contribution in [0.25, 0.3) is 10.8 Å². The van der Waals surface area contributed by atoms with Crippen LogP contribution in [0.15, 0.2) is 70.5 Å². The molecule has 0 spiro atoms. The van der Waals surface area contributed by atoms with Crippen LogP contribution in [0.2, 0.25) is 0 Å². The molecule has 3 aromatic carbocycles. The predicted molar refractivity (Wildman–Crippen MR) is 120 cm³/mol. The van der Waals surface area contributed by atoms with Crippen LogP contribution in [0.4, 0.5) is 11.4 Å². The van der Waals surface area contributed by atoms with Crippen LogP contribution >= 0.6 is 11.8 Å². The van der Waals surface area contributed by atoms with Gasteiger partial charge in [-0.15, -0.1) is 0 Å². The third-order valence-corrected chi connectivity index (χ3v) is 7.08. The number of benzene rings is 3. The van der Waals surface area contributed by atoms with Crippen molar-refractivity contribution in [2.45, 2.75) is 16.2 Å². The van der Waals surface area contributed by atoms with Crippen LogP contribution in [0, 0.1) is 0 Å². The molecule has 0 N–H and O–H groups in total. The highest BCUT2D eigenvalue weighted by molar-refractivity contribution is 7.99. The Morgan fingerprint density at radius 1 is 0.786 bits per heavy atom. The zero-order chi connectivity index (χ0) is 18.9. The highest BCUT2D eigenvalue weighted by atomic mass is 32.2. The van der Waals surface area contributed by atoms with Crippen molar-refractivity contribution in [2.24, 2.45) is 0 Å². The molecule has 144 valence electrons. The number of hydrogen-bond acceptors (Lipinski definition) is 4. The molecule has 0 bridgehead atoms. The number of anilines is 2. The molecule has 4 heteroatoms. The molecule has 0 radical (unpaired) electrons. The summed E-state index contributed by atoms with van der Waals surface area (Å²) in [6.07, 6.45) is 1.19. The average molecular weight is 390 g/mol. The molecule has 3 aromatic rings. The highest BCUT2D eigenvalue weighted by Gasteiger charge is 2.25. The van der Waals surface area contributed by atoms with Crippen molar-refractivity contribution in [3.63, 3.8) is 0 Å². The van der Waals surface area contributed by atoms with Gasteiger partial charge in [0, 0.05) is 47.9 Å². The first-order valence-corrected chi connectivity index (χ1v) is 11.1. The van der Waals surface area contributed by atoms with Crippen LogP contribution in [0.1, 0.15) is 6.42 Å². The van der Waals surface area contributed by atoms with Crippen LogP contribution in [0.3, 0.4) is 0 Å². The van der Waals surface area contributed by atoms with Crippen LogP contribution in [-0.2, 0) is 0 Å². The molecule has 2 heterocycles. The molecule has 0 amide bonds. The van der Waals surface area contributed by atoms with E-state index in [4.69, 9.17) is 0 Å². The van der Waals surface area contributed by atoms with Gasteiger partial charge in [-0.2, -0.15) is 0 Å². The van der Waals surface area contributed by atoms with E-state index in [2.05, 4.69) is 82.4 Å². The molecule has 1 fully saturated rings. The fourth-order valence-corrected chi connectivity index (χ4v) is 5.48. The largest absolute Gasteiger partial charge is 0.339 e. The van der Waals surface area contributed by atoms with E-state index in [9.17, 15) is 0 Å². The summed E-state index contributed by atoms with van der Waals surface area (Å²) in [6.45, 7) is 7.02. The molecule has 2 aliphatic heterocycles. The lowest BCUT2D eigenvalue weighted by molar-refractivity contribution is 0.153. The van der Waals surface area contributed by atoms with Gasteiger partial charge in [0.05, 0.1) is 11.4 Å². The van der Waals surface area contributed by atoms with Gasteiger partial charge >= 0.3 is 0 Å². The van der Waals surface area contributed by atoms with Gasteiger partial charge in [0.25, 0.3) is 0 Å². The lowest BCUT2D eigenvalue weighted by atomic mass is 10.1. The number of para-hydroxylation sites is 1. The summed E-state index contributed by atoms with van der Waals surface area (Å²) in [7, 11) is 2.22. The number of likely N-dealkylation sites (N-methyl/N-ethyl adjacent to an activating group) is 1. The normalized spacial score (nSPS) is 17.5. The Hall–Kier alpha value is -2.01. The van der Waals surface area contributed by atoms with Crippen molar-refractivity contribution >= 4 is 33.9 Å². The molecule has 0 aliphatic carbocycles. The summed E-state index contributed by atoms with van der Waals surface area (Å²) in [5.74, 6) is 0. The summed E-state index contributed by atoms with van der Waals surface area (Å²) in [5.41, 5.74) is 2.75. The van der Waals surface area contributed by atoms with E-state index in [1.165, 1.54) is 71.1 Å². The minimum absolute atomic E-state index is 1.06.